The minimum Gasteiger partial charge on any atom is -0.383 e. The molecule has 1 aromatic heterocycles. The highest BCUT2D eigenvalue weighted by atomic mass is 32.2. The van der Waals surface area contributed by atoms with Gasteiger partial charge in [-0.15, -0.1) is 0 Å². The highest BCUT2D eigenvalue weighted by molar-refractivity contribution is 7.99. The zero-order chi connectivity index (χ0) is 20.5. The summed E-state index contributed by atoms with van der Waals surface area (Å²) in [5.74, 6) is -0.0579. The molecule has 0 atom stereocenters. The molecular weight excluding hydrogens is 380 g/mol. The predicted molar refractivity (Wildman–Crippen MR) is 110 cm³/mol. The number of fused-ring (bicyclic) bond motifs is 1. The summed E-state index contributed by atoms with van der Waals surface area (Å²) in [6.07, 6.45) is 0.821. The molecule has 1 heterocycles. The molecule has 2 aromatic rings. The van der Waals surface area contributed by atoms with Crippen LogP contribution < -0.4 is 16.2 Å². The Labute approximate surface area is 168 Å². The van der Waals surface area contributed by atoms with E-state index in [9.17, 15) is 14.4 Å². The Morgan fingerprint density at radius 3 is 2.75 bits per heavy atom. The number of urea groups is 1. The number of methoxy groups -OCH3 is 1. The van der Waals surface area contributed by atoms with Gasteiger partial charge in [-0.25, -0.2) is 9.78 Å². The highest BCUT2D eigenvalue weighted by Crippen LogP contribution is 2.18. The van der Waals surface area contributed by atoms with Crippen LogP contribution in [0.1, 0.15) is 20.3 Å². The Morgan fingerprint density at radius 2 is 2.04 bits per heavy atom. The molecule has 152 valence electrons. The summed E-state index contributed by atoms with van der Waals surface area (Å²) < 4.78 is 6.44. The standard InChI is InChI=1S/C19H26N4O4S/c1-13(2)8-10-23-17(25)14-6-4-5-7-15(14)21-19(23)28-12-16(24)22-18(26)20-9-11-27-3/h4-7,13H,8-12H2,1-3H3,(H2,20,22,24,26). The van der Waals surface area contributed by atoms with Crippen LogP contribution in [0.25, 0.3) is 10.9 Å². The number of hydrogen-bond acceptors (Lipinski definition) is 6. The maximum absolute atomic E-state index is 12.9. The lowest BCUT2D eigenvalue weighted by atomic mass is 10.1. The number of ether oxygens (including phenoxy) is 1. The minimum atomic E-state index is -0.577. The molecule has 28 heavy (non-hydrogen) atoms. The van der Waals surface area contributed by atoms with Crippen LogP contribution in [0.5, 0.6) is 0 Å². The molecular formula is C19H26N4O4S. The first-order valence-electron chi connectivity index (χ1n) is 9.11. The van der Waals surface area contributed by atoms with Gasteiger partial charge in [0.05, 0.1) is 23.3 Å². The van der Waals surface area contributed by atoms with Crippen molar-refractivity contribution in [3.63, 3.8) is 0 Å². The molecule has 2 rings (SSSR count). The molecule has 0 aliphatic carbocycles. The zero-order valence-electron chi connectivity index (χ0n) is 16.4. The van der Waals surface area contributed by atoms with E-state index in [0.29, 0.717) is 41.7 Å². The fraction of sp³-hybridized carbons (Fsp3) is 0.474. The Kier molecular flexibility index (Phi) is 8.46. The van der Waals surface area contributed by atoms with Gasteiger partial charge in [-0.05, 0) is 24.5 Å². The number of rotatable bonds is 9. The second-order valence-corrected chi connectivity index (χ2v) is 7.58. The van der Waals surface area contributed by atoms with E-state index in [1.165, 1.54) is 7.11 Å². The molecule has 0 bridgehead atoms. The van der Waals surface area contributed by atoms with Crippen LogP contribution in [0.15, 0.2) is 34.2 Å². The lowest BCUT2D eigenvalue weighted by Crippen LogP contribution is -2.41. The molecule has 2 N–H and O–H groups in total. The first-order chi connectivity index (χ1) is 13.4. The number of benzene rings is 1. The van der Waals surface area contributed by atoms with Gasteiger partial charge in [-0.3, -0.25) is 19.5 Å². The van der Waals surface area contributed by atoms with Crippen LogP contribution in [0.2, 0.25) is 0 Å². The summed E-state index contributed by atoms with van der Waals surface area (Å²) in [5.41, 5.74) is 0.472. The van der Waals surface area contributed by atoms with Gasteiger partial charge in [0.1, 0.15) is 0 Å². The second-order valence-electron chi connectivity index (χ2n) is 6.64. The van der Waals surface area contributed by atoms with E-state index >= 15 is 0 Å². The van der Waals surface area contributed by atoms with Crippen LogP contribution in [-0.4, -0.2) is 47.5 Å². The molecule has 0 saturated carbocycles. The maximum Gasteiger partial charge on any atom is 0.321 e. The van der Waals surface area contributed by atoms with Crippen molar-refractivity contribution in [2.24, 2.45) is 5.92 Å². The summed E-state index contributed by atoms with van der Waals surface area (Å²) in [5, 5.41) is 5.79. The number of amides is 3. The lowest BCUT2D eigenvalue weighted by Gasteiger charge is -2.14. The minimum absolute atomic E-state index is 0.0237. The van der Waals surface area contributed by atoms with E-state index in [4.69, 9.17) is 4.74 Å². The molecule has 0 aliphatic heterocycles. The summed E-state index contributed by atoms with van der Waals surface area (Å²) >= 11 is 1.14. The normalized spacial score (nSPS) is 11.0. The highest BCUT2D eigenvalue weighted by Gasteiger charge is 2.14. The average Bonchev–Trinajstić information content (AvgIpc) is 2.66. The molecule has 0 radical (unpaired) electrons. The third-order valence-electron chi connectivity index (χ3n) is 3.93. The van der Waals surface area contributed by atoms with Gasteiger partial charge in [0, 0.05) is 20.2 Å². The van der Waals surface area contributed by atoms with Gasteiger partial charge < -0.3 is 10.1 Å². The van der Waals surface area contributed by atoms with Crippen molar-refractivity contribution >= 4 is 34.6 Å². The fourth-order valence-electron chi connectivity index (χ4n) is 2.45. The molecule has 0 unspecified atom stereocenters. The summed E-state index contributed by atoms with van der Waals surface area (Å²) in [6, 6.07) is 6.57. The zero-order valence-corrected chi connectivity index (χ0v) is 17.2. The summed E-state index contributed by atoms with van der Waals surface area (Å²) in [6.45, 7) is 5.36. The van der Waals surface area contributed by atoms with E-state index in [1.807, 2.05) is 6.07 Å². The molecule has 0 fully saturated rings. The number of carbonyl (C=O) groups is 2. The van der Waals surface area contributed by atoms with Crippen molar-refractivity contribution in [1.29, 1.82) is 0 Å². The Hall–Kier alpha value is -2.39. The molecule has 0 spiro atoms. The van der Waals surface area contributed by atoms with Gasteiger partial charge in [0.25, 0.3) is 5.56 Å². The molecule has 9 heteroatoms. The van der Waals surface area contributed by atoms with E-state index < -0.39 is 11.9 Å². The van der Waals surface area contributed by atoms with Crippen molar-refractivity contribution in [2.75, 3.05) is 26.0 Å². The van der Waals surface area contributed by atoms with E-state index in [1.54, 1.807) is 22.8 Å². The van der Waals surface area contributed by atoms with Crippen LogP contribution in [-0.2, 0) is 16.1 Å². The van der Waals surface area contributed by atoms with Crippen LogP contribution in [0.3, 0.4) is 0 Å². The van der Waals surface area contributed by atoms with Crippen molar-refractivity contribution in [3.8, 4) is 0 Å². The SMILES string of the molecule is COCCNC(=O)NC(=O)CSc1nc2ccccc2c(=O)n1CCC(C)C. The number of imide groups is 1. The number of aromatic nitrogens is 2. The first-order valence-corrected chi connectivity index (χ1v) is 10.1. The van der Waals surface area contributed by atoms with Crippen LogP contribution in [0, 0.1) is 5.92 Å². The number of nitrogens with zero attached hydrogens (tertiary/aromatic N) is 2. The Balaban J connectivity index is 2.11. The van der Waals surface area contributed by atoms with Crippen LogP contribution in [0.4, 0.5) is 4.79 Å². The quantitative estimate of drug-likeness (QED) is 0.375. The van der Waals surface area contributed by atoms with Crippen molar-refractivity contribution in [3.05, 3.63) is 34.6 Å². The van der Waals surface area contributed by atoms with Gasteiger partial charge in [0.15, 0.2) is 5.16 Å². The van der Waals surface area contributed by atoms with Gasteiger partial charge in [0.2, 0.25) is 5.91 Å². The van der Waals surface area contributed by atoms with Crippen molar-refractivity contribution in [2.45, 2.75) is 32.0 Å². The van der Waals surface area contributed by atoms with Crippen molar-refractivity contribution in [1.82, 2.24) is 20.2 Å². The molecule has 1 aromatic carbocycles. The van der Waals surface area contributed by atoms with Gasteiger partial charge in [-0.2, -0.15) is 0 Å². The predicted octanol–water partition coefficient (Wildman–Crippen LogP) is 2.01. The summed E-state index contributed by atoms with van der Waals surface area (Å²) in [4.78, 5) is 41.1. The monoisotopic (exact) mass is 406 g/mol. The molecule has 3 amide bonds. The number of nitrogens with one attached hydrogen (secondary N) is 2. The smallest absolute Gasteiger partial charge is 0.321 e. The number of hydrogen-bond donors (Lipinski definition) is 2. The molecule has 8 nitrogen and oxygen atoms in total. The van der Waals surface area contributed by atoms with Crippen LogP contribution >= 0.6 is 11.8 Å². The third-order valence-corrected chi connectivity index (χ3v) is 4.91. The van der Waals surface area contributed by atoms with Gasteiger partial charge in [-0.1, -0.05) is 37.7 Å². The number of para-hydroxylation sites is 1. The van der Waals surface area contributed by atoms with Gasteiger partial charge >= 0.3 is 6.03 Å². The Morgan fingerprint density at radius 1 is 1.29 bits per heavy atom. The lowest BCUT2D eigenvalue weighted by molar-refractivity contribution is -0.117. The van der Waals surface area contributed by atoms with E-state index in [0.717, 1.165) is 18.2 Å². The number of thioether (sulfide) groups is 1. The van der Waals surface area contributed by atoms with E-state index in [-0.39, 0.29) is 11.3 Å². The fourth-order valence-corrected chi connectivity index (χ4v) is 3.27. The topological polar surface area (TPSA) is 102 Å². The first kappa shape index (κ1) is 21.9. The summed E-state index contributed by atoms with van der Waals surface area (Å²) in [7, 11) is 1.52. The maximum atomic E-state index is 12.9. The molecule has 0 aliphatic rings. The largest absolute Gasteiger partial charge is 0.383 e. The number of carbonyl (C=O) groups excluding carboxylic acids is 2. The molecule has 0 saturated heterocycles. The van der Waals surface area contributed by atoms with Crippen molar-refractivity contribution < 1.29 is 14.3 Å². The second kappa shape index (κ2) is 10.8. The Bertz CT molecular complexity index is 882. The average molecular weight is 407 g/mol. The van der Waals surface area contributed by atoms with E-state index in [2.05, 4.69) is 29.5 Å². The third kappa shape index (κ3) is 6.35.